The molecule has 1 fully saturated rings. The van der Waals surface area contributed by atoms with E-state index in [0.717, 1.165) is 12.8 Å². The van der Waals surface area contributed by atoms with Crippen LogP contribution in [0.15, 0.2) is 0 Å². The second-order valence-corrected chi connectivity index (χ2v) is 8.95. The van der Waals surface area contributed by atoms with E-state index >= 15 is 0 Å². The van der Waals surface area contributed by atoms with Gasteiger partial charge in [-0.15, -0.1) is 0 Å². The Hall–Kier alpha value is -1.75. The Labute approximate surface area is 155 Å². The molecule has 0 aliphatic heterocycles. The molecule has 3 rings (SSSR count). The molecule has 2 atom stereocenters. The molecule has 26 heavy (non-hydrogen) atoms. The Bertz CT molecular complexity index is 750. The fourth-order valence-electron chi connectivity index (χ4n) is 5.18. The molecule has 0 spiro atoms. The van der Waals surface area contributed by atoms with Crippen molar-refractivity contribution >= 4 is 5.78 Å². The molecule has 5 nitrogen and oxygen atoms in total. The zero-order valence-electron chi connectivity index (χ0n) is 16.3. The summed E-state index contributed by atoms with van der Waals surface area (Å²) in [6.45, 7) is 7.93. The lowest BCUT2D eigenvalue weighted by Crippen LogP contribution is -2.50. The molecule has 0 unspecified atom stereocenters. The van der Waals surface area contributed by atoms with E-state index in [9.17, 15) is 20.1 Å². The summed E-state index contributed by atoms with van der Waals surface area (Å²) < 4.78 is 5.37. The summed E-state index contributed by atoms with van der Waals surface area (Å²) in [7, 11) is 1.44. The van der Waals surface area contributed by atoms with Gasteiger partial charge < -0.3 is 20.1 Å². The van der Waals surface area contributed by atoms with Gasteiger partial charge >= 0.3 is 0 Å². The van der Waals surface area contributed by atoms with E-state index in [1.807, 2.05) is 13.8 Å². The Kier molecular flexibility index (Phi) is 4.50. The molecule has 1 aromatic carbocycles. The van der Waals surface area contributed by atoms with E-state index in [-0.39, 0.29) is 58.7 Å². The zero-order chi connectivity index (χ0) is 19.4. The van der Waals surface area contributed by atoms with Crippen molar-refractivity contribution < 1.29 is 24.9 Å². The van der Waals surface area contributed by atoms with E-state index in [2.05, 4.69) is 13.8 Å². The smallest absolute Gasteiger partial charge is 0.167 e. The summed E-state index contributed by atoms with van der Waals surface area (Å²) in [4.78, 5) is 13.1. The third-order valence-electron chi connectivity index (χ3n) is 6.49. The topological polar surface area (TPSA) is 87.0 Å². The molecule has 3 N–H and O–H groups in total. The van der Waals surface area contributed by atoms with E-state index < -0.39 is 5.60 Å². The molecule has 0 saturated heterocycles. The minimum absolute atomic E-state index is 0.116. The maximum Gasteiger partial charge on any atom is 0.167 e. The number of hydrogen-bond acceptors (Lipinski definition) is 5. The van der Waals surface area contributed by atoms with Gasteiger partial charge in [-0.1, -0.05) is 34.1 Å². The third kappa shape index (κ3) is 2.68. The number of aromatic hydroxyl groups is 2. The molecule has 0 amide bonds. The minimum atomic E-state index is -1.07. The number of phenols is 2. The van der Waals surface area contributed by atoms with Crippen molar-refractivity contribution in [3.05, 3.63) is 16.7 Å². The number of fused-ring (bicyclic) bond motifs is 2. The van der Waals surface area contributed by atoms with Crippen LogP contribution in [-0.4, -0.2) is 33.8 Å². The molecule has 0 heterocycles. The van der Waals surface area contributed by atoms with Gasteiger partial charge in [-0.2, -0.15) is 0 Å². The summed E-state index contributed by atoms with van der Waals surface area (Å²) >= 11 is 0. The van der Waals surface area contributed by atoms with Gasteiger partial charge in [-0.3, -0.25) is 4.79 Å². The van der Waals surface area contributed by atoms with Gasteiger partial charge in [-0.05, 0) is 24.2 Å². The maximum atomic E-state index is 13.1. The van der Waals surface area contributed by atoms with Crippen LogP contribution >= 0.6 is 0 Å². The molecular formula is C21H30O5. The fourth-order valence-corrected chi connectivity index (χ4v) is 5.18. The number of ketones is 1. The summed E-state index contributed by atoms with van der Waals surface area (Å²) in [6, 6.07) is 0. The Balaban J connectivity index is 2.27. The normalized spacial score (nSPS) is 27.7. The van der Waals surface area contributed by atoms with Gasteiger partial charge in [0.15, 0.2) is 17.3 Å². The Morgan fingerprint density at radius 1 is 1.15 bits per heavy atom. The number of Topliss-reactive ketones (excluding diaryl/α,β-unsaturated/α-hetero) is 1. The van der Waals surface area contributed by atoms with Crippen molar-refractivity contribution in [3.63, 3.8) is 0 Å². The number of ether oxygens (including phenoxy) is 1. The van der Waals surface area contributed by atoms with Gasteiger partial charge in [0.25, 0.3) is 0 Å². The van der Waals surface area contributed by atoms with Gasteiger partial charge in [-0.25, -0.2) is 0 Å². The first kappa shape index (κ1) is 19.0. The lowest BCUT2D eigenvalue weighted by molar-refractivity contribution is -0.0994. The highest BCUT2D eigenvalue weighted by Crippen LogP contribution is 2.55. The van der Waals surface area contributed by atoms with Gasteiger partial charge in [0, 0.05) is 29.9 Å². The van der Waals surface area contributed by atoms with Crippen LogP contribution in [0.3, 0.4) is 0 Å². The first-order chi connectivity index (χ1) is 12.0. The molecule has 0 bridgehead atoms. The van der Waals surface area contributed by atoms with Gasteiger partial charge in [0.2, 0.25) is 0 Å². The summed E-state index contributed by atoms with van der Waals surface area (Å²) in [5.41, 5.74) is -0.340. The molecule has 0 aromatic heterocycles. The predicted octanol–water partition coefficient (Wildman–Crippen LogP) is 3.92. The zero-order valence-corrected chi connectivity index (χ0v) is 16.3. The molecular weight excluding hydrogens is 332 g/mol. The number of aliphatic hydroxyl groups is 1. The van der Waals surface area contributed by atoms with Gasteiger partial charge in [0.05, 0.1) is 18.3 Å². The van der Waals surface area contributed by atoms with Crippen LogP contribution in [0.4, 0.5) is 0 Å². The molecule has 1 saturated carbocycles. The van der Waals surface area contributed by atoms with E-state index in [1.165, 1.54) is 7.11 Å². The third-order valence-corrected chi connectivity index (χ3v) is 6.49. The standard InChI is InChI=1S/C21H30O5/c1-11(2)15-18(24)16-12(17(23)19(15)26-5)10-21(25)8-6-7-20(3,4)14(21)9-13(16)22/h11,14,23-25H,6-10H2,1-5H3/t14-,21-/m0/s1. The monoisotopic (exact) mass is 362 g/mol. The quantitative estimate of drug-likeness (QED) is 0.694. The van der Waals surface area contributed by atoms with Crippen LogP contribution in [0.1, 0.15) is 80.8 Å². The fraction of sp³-hybridized carbons (Fsp3) is 0.667. The van der Waals surface area contributed by atoms with E-state index in [1.54, 1.807) is 0 Å². The van der Waals surface area contributed by atoms with Crippen LogP contribution < -0.4 is 4.74 Å². The Morgan fingerprint density at radius 3 is 2.38 bits per heavy atom. The number of rotatable bonds is 2. The van der Waals surface area contributed by atoms with Crippen LogP contribution in [0.25, 0.3) is 0 Å². The highest BCUT2D eigenvalue weighted by Gasteiger charge is 2.52. The SMILES string of the molecule is COc1c(O)c2c(c(O)c1C(C)C)C(=O)C[C@H]1C(C)(C)CCC[C@]1(O)C2. The maximum absolute atomic E-state index is 13.1. The summed E-state index contributed by atoms with van der Waals surface area (Å²) in [5, 5.41) is 33.2. The van der Waals surface area contributed by atoms with Gasteiger partial charge in [0.1, 0.15) is 5.75 Å². The van der Waals surface area contributed by atoms with Crippen LogP contribution in [0, 0.1) is 11.3 Å². The average Bonchev–Trinajstić information content (AvgIpc) is 2.65. The predicted molar refractivity (Wildman–Crippen MR) is 99.1 cm³/mol. The second kappa shape index (κ2) is 6.15. The molecule has 1 aromatic rings. The summed E-state index contributed by atoms with van der Waals surface area (Å²) in [6.07, 6.45) is 2.73. The van der Waals surface area contributed by atoms with E-state index in [0.29, 0.717) is 17.5 Å². The number of hydrogen-bond donors (Lipinski definition) is 3. The van der Waals surface area contributed by atoms with Crippen molar-refractivity contribution in [1.29, 1.82) is 0 Å². The molecule has 0 radical (unpaired) electrons. The first-order valence-electron chi connectivity index (χ1n) is 9.43. The second-order valence-electron chi connectivity index (χ2n) is 8.95. The number of carbonyl (C=O) groups is 1. The average molecular weight is 362 g/mol. The number of carbonyl (C=O) groups excluding carboxylic acids is 1. The van der Waals surface area contributed by atoms with Crippen LogP contribution in [-0.2, 0) is 6.42 Å². The van der Waals surface area contributed by atoms with E-state index in [4.69, 9.17) is 4.74 Å². The number of phenolic OH excluding ortho intramolecular Hbond substituents is 2. The van der Waals surface area contributed by atoms with Crippen molar-refractivity contribution in [3.8, 4) is 17.2 Å². The van der Waals surface area contributed by atoms with Crippen molar-refractivity contribution in [2.24, 2.45) is 11.3 Å². The lowest BCUT2D eigenvalue weighted by atomic mass is 9.59. The largest absolute Gasteiger partial charge is 0.507 e. The van der Waals surface area contributed by atoms with Crippen LogP contribution in [0.2, 0.25) is 0 Å². The Morgan fingerprint density at radius 2 is 1.81 bits per heavy atom. The molecule has 2 aliphatic rings. The number of benzene rings is 1. The van der Waals surface area contributed by atoms with Crippen molar-refractivity contribution in [1.82, 2.24) is 0 Å². The van der Waals surface area contributed by atoms with Crippen molar-refractivity contribution in [2.75, 3.05) is 7.11 Å². The molecule has 2 aliphatic carbocycles. The van der Waals surface area contributed by atoms with Crippen LogP contribution in [0.5, 0.6) is 17.2 Å². The lowest BCUT2D eigenvalue weighted by Gasteiger charge is -2.48. The number of methoxy groups -OCH3 is 1. The summed E-state index contributed by atoms with van der Waals surface area (Å²) in [5.74, 6) is -0.603. The minimum Gasteiger partial charge on any atom is -0.507 e. The molecule has 144 valence electrons. The highest BCUT2D eigenvalue weighted by molar-refractivity contribution is 6.02. The first-order valence-corrected chi connectivity index (χ1v) is 9.43. The molecule has 5 heteroatoms. The van der Waals surface area contributed by atoms with Crippen molar-refractivity contribution in [2.45, 2.75) is 71.3 Å². The highest BCUT2D eigenvalue weighted by atomic mass is 16.5.